The number of aldehydes is 1. The van der Waals surface area contributed by atoms with Gasteiger partial charge in [-0.1, -0.05) is 28.1 Å². The molecule has 0 saturated heterocycles. The molecule has 0 fully saturated rings. The minimum absolute atomic E-state index is 0.312. The molecular formula is C16H13BrO4. The van der Waals surface area contributed by atoms with Crippen LogP contribution >= 0.6 is 15.9 Å². The molecule has 0 heterocycles. The Morgan fingerprint density at radius 1 is 1.24 bits per heavy atom. The number of hydrogen-bond donors (Lipinski definition) is 0. The lowest BCUT2D eigenvalue weighted by Crippen LogP contribution is -2.11. The molecule has 2 aromatic rings. The second-order valence-electron chi connectivity index (χ2n) is 4.15. The monoisotopic (exact) mass is 348 g/mol. The summed E-state index contributed by atoms with van der Waals surface area (Å²) in [6, 6.07) is 11.5. The van der Waals surface area contributed by atoms with Gasteiger partial charge in [-0.2, -0.15) is 0 Å². The van der Waals surface area contributed by atoms with Crippen molar-refractivity contribution in [2.24, 2.45) is 0 Å². The fourth-order valence-corrected chi connectivity index (χ4v) is 2.12. The number of carbonyl (C=O) groups is 2. The highest BCUT2D eigenvalue weighted by molar-refractivity contribution is 9.10. The SMILES string of the molecule is CCOc1ccc(Br)cc1C(=O)Oc1cccc(C=O)c1. The number of esters is 1. The normalized spacial score (nSPS) is 10.0. The lowest BCUT2D eigenvalue weighted by Gasteiger charge is -2.10. The van der Waals surface area contributed by atoms with Gasteiger partial charge in [-0.25, -0.2) is 4.79 Å². The first-order valence-electron chi connectivity index (χ1n) is 6.34. The van der Waals surface area contributed by atoms with Gasteiger partial charge in [-0.05, 0) is 37.3 Å². The van der Waals surface area contributed by atoms with Gasteiger partial charge in [-0.3, -0.25) is 4.79 Å². The predicted molar refractivity (Wildman–Crippen MR) is 82.1 cm³/mol. The third-order valence-corrected chi connectivity index (χ3v) is 3.16. The number of benzene rings is 2. The van der Waals surface area contributed by atoms with Crippen LogP contribution in [0.4, 0.5) is 0 Å². The molecule has 4 nitrogen and oxygen atoms in total. The minimum Gasteiger partial charge on any atom is -0.493 e. The van der Waals surface area contributed by atoms with Gasteiger partial charge in [0.2, 0.25) is 0 Å². The van der Waals surface area contributed by atoms with Crippen LogP contribution in [-0.4, -0.2) is 18.9 Å². The Bertz CT molecular complexity index is 667. The number of ether oxygens (including phenoxy) is 2. The van der Waals surface area contributed by atoms with Crippen LogP contribution in [0.2, 0.25) is 0 Å². The molecule has 2 rings (SSSR count). The fourth-order valence-electron chi connectivity index (χ4n) is 1.76. The largest absolute Gasteiger partial charge is 0.493 e. The van der Waals surface area contributed by atoms with Crippen molar-refractivity contribution in [2.45, 2.75) is 6.92 Å². The molecule has 0 aliphatic rings. The van der Waals surface area contributed by atoms with E-state index < -0.39 is 5.97 Å². The summed E-state index contributed by atoms with van der Waals surface area (Å²) >= 11 is 3.31. The van der Waals surface area contributed by atoms with Crippen molar-refractivity contribution >= 4 is 28.2 Å². The molecule has 108 valence electrons. The molecule has 0 unspecified atom stereocenters. The Morgan fingerprint density at radius 2 is 2.05 bits per heavy atom. The van der Waals surface area contributed by atoms with Crippen molar-refractivity contribution < 1.29 is 19.1 Å². The van der Waals surface area contributed by atoms with Crippen LogP contribution in [-0.2, 0) is 0 Å². The molecule has 0 aliphatic heterocycles. The van der Waals surface area contributed by atoms with Gasteiger partial charge in [0.1, 0.15) is 23.3 Å². The van der Waals surface area contributed by atoms with Gasteiger partial charge < -0.3 is 9.47 Å². The molecule has 0 N–H and O–H groups in total. The van der Waals surface area contributed by atoms with E-state index in [0.29, 0.717) is 35.5 Å². The van der Waals surface area contributed by atoms with Gasteiger partial charge in [0.15, 0.2) is 0 Å². The van der Waals surface area contributed by atoms with Crippen LogP contribution in [0, 0.1) is 0 Å². The summed E-state index contributed by atoms with van der Waals surface area (Å²) in [6.45, 7) is 2.28. The quantitative estimate of drug-likeness (QED) is 0.467. The molecule has 0 bridgehead atoms. The average molecular weight is 349 g/mol. The predicted octanol–water partition coefficient (Wildman–Crippen LogP) is 3.88. The highest BCUT2D eigenvalue weighted by atomic mass is 79.9. The maximum Gasteiger partial charge on any atom is 0.347 e. The third-order valence-electron chi connectivity index (χ3n) is 2.67. The molecule has 0 radical (unpaired) electrons. The van der Waals surface area contributed by atoms with E-state index in [1.807, 2.05) is 6.92 Å². The Labute approximate surface area is 130 Å². The zero-order chi connectivity index (χ0) is 15.2. The Kier molecular flexibility index (Phi) is 5.11. The lowest BCUT2D eigenvalue weighted by molar-refractivity contribution is 0.0729. The fraction of sp³-hybridized carbons (Fsp3) is 0.125. The van der Waals surface area contributed by atoms with Crippen molar-refractivity contribution in [3.63, 3.8) is 0 Å². The molecule has 0 amide bonds. The highest BCUT2D eigenvalue weighted by Gasteiger charge is 2.15. The summed E-state index contributed by atoms with van der Waals surface area (Å²) in [6.07, 6.45) is 0.696. The van der Waals surface area contributed by atoms with Crippen LogP contribution in [0.3, 0.4) is 0 Å². The van der Waals surface area contributed by atoms with Gasteiger partial charge in [-0.15, -0.1) is 0 Å². The van der Waals surface area contributed by atoms with Gasteiger partial charge >= 0.3 is 5.97 Å². The molecule has 0 atom stereocenters. The summed E-state index contributed by atoms with van der Waals surface area (Å²) in [4.78, 5) is 23.0. The van der Waals surface area contributed by atoms with E-state index in [2.05, 4.69) is 15.9 Å². The van der Waals surface area contributed by atoms with Gasteiger partial charge in [0.05, 0.1) is 6.61 Å². The third kappa shape index (κ3) is 3.92. The standard InChI is InChI=1S/C16H13BrO4/c1-2-20-15-7-6-12(17)9-14(15)16(19)21-13-5-3-4-11(8-13)10-18/h3-10H,2H2,1H3. The summed E-state index contributed by atoms with van der Waals surface area (Å²) in [5.41, 5.74) is 0.766. The number of hydrogen-bond acceptors (Lipinski definition) is 4. The number of carbonyl (C=O) groups excluding carboxylic acids is 2. The summed E-state index contributed by atoms with van der Waals surface area (Å²) in [5.74, 6) is 0.229. The Morgan fingerprint density at radius 3 is 2.76 bits per heavy atom. The zero-order valence-electron chi connectivity index (χ0n) is 11.3. The average Bonchev–Trinajstić information content (AvgIpc) is 2.49. The van der Waals surface area contributed by atoms with E-state index in [0.717, 1.165) is 4.47 Å². The van der Waals surface area contributed by atoms with Gasteiger partial charge in [0, 0.05) is 10.0 Å². The highest BCUT2D eigenvalue weighted by Crippen LogP contribution is 2.25. The Hall–Kier alpha value is -2.14. The minimum atomic E-state index is -0.539. The first-order valence-corrected chi connectivity index (χ1v) is 7.13. The first kappa shape index (κ1) is 15.3. The van der Waals surface area contributed by atoms with Crippen molar-refractivity contribution in [1.29, 1.82) is 0 Å². The van der Waals surface area contributed by atoms with Crippen LogP contribution in [0.25, 0.3) is 0 Å². The summed E-state index contributed by atoms with van der Waals surface area (Å²) in [5, 5.41) is 0. The van der Waals surface area contributed by atoms with Crippen molar-refractivity contribution in [2.75, 3.05) is 6.61 Å². The van der Waals surface area contributed by atoms with Crippen molar-refractivity contribution in [3.8, 4) is 11.5 Å². The Balaban J connectivity index is 2.27. The molecular weight excluding hydrogens is 336 g/mol. The zero-order valence-corrected chi connectivity index (χ0v) is 12.9. The second kappa shape index (κ2) is 7.04. The number of halogens is 1. The van der Waals surface area contributed by atoms with Crippen LogP contribution < -0.4 is 9.47 Å². The molecule has 5 heteroatoms. The van der Waals surface area contributed by atoms with E-state index in [4.69, 9.17) is 9.47 Å². The van der Waals surface area contributed by atoms with E-state index in [1.54, 1.807) is 36.4 Å². The van der Waals surface area contributed by atoms with Crippen LogP contribution in [0.1, 0.15) is 27.6 Å². The van der Waals surface area contributed by atoms with E-state index in [-0.39, 0.29) is 0 Å². The second-order valence-corrected chi connectivity index (χ2v) is 5.07. The smallest absolute Gasteiger partial charge is 0.347 e. The molecule has 0 aliphatic carbocycles. The summed E-state index contributed by atoms with van der Waals surface area (Å²) in [7, 11) is 0. The van der Waals surface area contributed by atoms with Crippen molar-refractivity contribution in [1.82, 2.24) is 0 Å². The molecule has 0 spiro atoms. The maximum atomic E-state index is 12.3. The van der Waals surface area contributed by atoms with Crippen LogP contribution in [0.15, 0.2) is 46.9 Å². The molecule has 21 heavy (non-hydrogen) atoms. The maximum absolute atomic E-state index is 12.3. The van der Waals surface area contributed by atoms with E-state index in [1.165, 1.54) is 6.07 Å². The topological polar surface area (TPSA) is 52.6 Å². The van der Waals surface area contributed by atoms with E-state index in [9.17, 15) is 9.59 Å². The molecule has 2 aromatic carbocycles. The number of rotatable bonds is 5. The molecule has 0 saturated carbocycles. The lowest BCUT2D eigenvalue weighted by atomic mass is 10.2. The van der Waals surface area contributed by atoms with Crippen LogP contribution in [0.5, 0.6) is 11.5 Å². The van der Waals surface area contributed by atoms with Crippen molar-refractivity contribution in [3.05, 3.63) is 58.1 Å². The van der Waals surface area contributed by atoms with Gasteiger partial charge in [0.25, 0.3) is 0 Å². The summed E-state index contributed by atoms with van der Waals surface area (Å²) < 4.78 is 11.5. The molecule has 0 aromatic heterocycles. The first-order chi connectivity index (χ1) is 10.1. The van der Waals surface area contributed by atoms with E-state index >= 15 is 0 Å².